The molecular formula is C14H17FN2O4S. The van der Waals surface area contributed by atoms with Crippen LogP contribution in [0.25, 0.3) is 0 Å². The first-order chi connectivity index (χ1) is 10.3. The Morgan fingerprint density at radius 2 is 2.00 bits per heavy atom. The average Bonchev–Trinajstić information content (AvgIpc) is 2.45. The normalized spacial score (nSPS) is 18.9. The molecule has 1 heterocycles. The van der Waals surface area contributed by atoms with Crippen molar-refractivity contribution in [2.45, 2.75) is 12.5 Å². The van der Waals surface area contributed by atoms with Crippen LogP contribution in [0.4, 0.5) is 4.39 Å². The van der Waals surface area contributed by atoms with E-state index in [2.05, 4.69) is 5.32 Å². The fourth-order valence-electron chi connectivity index (χ4n) is 2.33. The van der Waals surface area contributed by atoms with Gasteiger partial charge in [0.05, 0.1) is 5.75 Å². The van der Waals surface area contributed by atoms with Crippen molar-refractivity contribution in [2.24, 2.45) is 0 Å². The Morgan fingerprint density at radius 1 is 1.36 bits per heavy atom. The second-order valence-electron chi connectivity index (χ2n) is 5.21. The summed E-state index contributed by atoms with van der Waals surface area (Å²) in [7, 11) is -3.26. The quantitative estimate of drug-likeness (QED) is 0.859. The van der Waals surface area contributed by atoms with Crippen molar-refractivity contribution in [2.75, 3.05) is 25.1 Å². The minimum Gasteiger partial charge on any atom is -0.352 e. The van der Waals surface area contributed by atoms with E-state index in [1.54, 1.807) is 0 Å². The van der Waals surface area contributed by atoms with E-state index in [9.17, 15) is 22.4 Å². The van der Waals surface area contributed by atoms with Crippen LogP contribution in [-0.2, 0) is 19.4 Å². The van der Waals surface area contributed by atoms with Crippen molar-refractivity contribution in [3.05, 3.63) is 35.6 Å². The number of hydrogen-bond donors (Lipinski definition) is 1. The Hall–Kier alpha value is -1.96. The molecule has 1 aromatic rings. The molecule has 22 heavy (non-hydrogen) atoms. The van der Waals surface area contributed by atoms with Crippen LogP contribution < -0.4 is 5.32 Å². The van der Waals surface area contributed by atoms with E-state index in [0.29, 0.717) is 12.1 Å². The van der Waals surface area contributed by atoms with Crippen molar-refractivity contribution in [3.8, 4) is 0 Å². The van der Waals surface area contributed by atoms with E-state index >= 15 is 0 Å². The van der Waals surface area contributed by atoms with Crippen molar-refractivity contribution < 1.29 is 22.4 Å². The average molecular weight is 328 g/mol. The maximum Gasteiger partial charge on any atom is 0.247 e. The number of sulfone groups is 1. The van der Waals surface area contributed by atoms with Gasteiger partial charge in [-0.3, -0.25) is 9.59 Å². The van der Waals surface area contributed by atoms with Gasteiger partial charge in [-0.15, -0.1) is 0 Å². The number of nitrogens with zero attached hydrogens (tertiary/aromatic N) is 1. The molecule has 0 saturated carbocycles. The predicted octanol–water partition coefficient (Wildman–Crippen LogP) is 0.260. The molecular weight excluding hydrogens is 311 g/mol. The summed E-state index contributed by atoms with van der Waals surface area (Å²) in [4.78, 5) is 25.7. The van der Waals surface area contributed by atoms with Gasteiger partial charge < -0.3 is 10.2 Å². The fraction of sp³-hybridized carbons (Fsp3) is 0.429. The number of benzene rings is 1. The summed E-state index contributed by atoms with van der Waals surface area (Å²) in [5, 5.41) is 2.66. The van der Waals surface area contributed by atoms with Crippen LogP contribution in [0, 0.1) is 5.82 Å². The Labute approximate surface area is 128 Å². The summed E-state index contributed by atoms with van der Waals surface area (Å²) in [5.74, 6) is -1.46. The molecule has 0 aromatic heterocycles. The van der Waals surface area contributed by atoms with Gasteiger partial charge in [0.2, 0.25) is 11.8 Å². The highest BCUT2D eigenvalue weighted by atomic mass is 32.2. The molecule has 1 atom stereocenters. The van der Waals surface area contributed by atoms with Gasteiger partial charge in [0, 0.05) is 25.8 Å². The first-order valence-corrected chi connectivity index (χ1v) is 8.84. The molecule has 8 heteroatoms. The Morgan fingerprint density at radius 3 is 2.59 bits per heavy atom. The van der Waals surface area contributed by atoms with Crippen LogP contribution >= 0.6 is 0 Å². The van der Waals surface area contributed by atoms with Gasteiger partial charge in [-0.2, -0.15) is 0 Å². The first-order valence-electron chi connectivity index (χ1n) is 6.78. The Kier molecular flexibility index (Phi) is 4.80. The molecule has 1 fully saturated rings. The summed E-state index contributed by atoms with van der Waals surface area (Å²) >= 11 is 0. The smallest absolute Gasteiger partial charge is 0.247 e. The van der Waals surface area contributed by atoms with Gasteiger partial charge in [0.25, 0.3) is 0 Å². The topological polar surface area (TPSA) is 83.6 Å². The van der Waals surface area contributed by atoms with E-state index in [1.807, 2.05) is 0 Å². The summed E-state index contributed by atoms with van der Waals surface area (Å²) in [6.45, 7) is 0.595. The number of halogens is 1. The minimum absolute atomic E-state index is 0.177. The lowest BCUT2D eigenvalue weighted by molar-refractivity contribution is -0.143. The second-order valence-corrected chi connectivity index (χ2v) is 7.47. The molecule has 0 radical (unpaired) electrons. The van der Waals surface area contributed by atoms with Gasteiger partial charge in [0.1, 0.15) is 21.7 Å². The zero-order chi connectivity index (χ0) is 16.3. The van der Waals surface area contributed by atoms with Crippen molar-refractivity contribution in [1.29, 1.82) is 0 Å². The lowest BCUT2D eigenvalue weighted by atomic mass is 10.0. The van der Waals surface area contributed by atoms with E-state index in [-0.39, 0.29) is 24.6 Å². The van der Waals surface area contributed by atoms with Crippen LogP contribution in [0.3, 0.4) is 0 Å². The molecule has 1 saturated heterocycles. The number of carbonyl (C=O) groups is 2. The molecule has 1 aliphatic rings. The van der Waals surface area contributed by atoms with Crippen molar-refractivity contribution in [1.82, 2.24) is 10.2 Å². The maximum absolute atomic E-state index is 13.0. The molecule has 1 N–H and O–H groups in total. The molecule has 2 amide bonds. The lowest BCUT2D eigenvalue weighted by Gasteiger charge is -2.35. The zero-order valence-electron chi connectivity index (χ0n) is 12.1. The standard InChI is InChI=1S/C14H17FN2O4S/c1-22(20,21)9-6-12(18)17-8-7-16-14(19)13(17)10-2-4-11(15)5-3-10/h2-5,13H,6-9H2,1H3,(H,16,19). The highest BCUT2D eigenvalue weighted by Crippen LogP contribution is 2.24. The largest absolute Gasteiger partial charge is 0.352 e. The zero-order valence-corrected chi connectivity index (χ0v) is 12.9. The van der Waals surface area contributed by atoms with E-state index < -0.39 is 27.6 Å². The molecule has 2 rings (SSSR count). The third kappa shape index (κ3) is 4.03. The van der Waals surface area contributed by atoms with Gasteiger partial charge in [-0.05, 0) is 17.7 Å². The monoisotopic (exact) mass is 328 g/mol. The maximum atomic E-state index is 13.0. The Balaban J connectivity index is 2.21. The first kappa shape index (κ1) is 16.4. The SMILES string of the molecule is CS(=O)(=O)CCC(=O)N1CCNC(=O)C1c1ccc(F)cc1. The third-order valence-corrected chi connectivity index (χ3v) is 4.35. The second kappa shape index (κ2) is 6.43. The molecule has 0 bridgehead atoms. The fourth-order valence-corrected chi connectivity index (χ4v) is 2.87. The van der Waals surface area contributed by atoms with E-state index in [0.717, 1.165) is 6.26 Å². The molecule has 1 aromatic carbocycles. The molecule has 120 valence electrons. The number of amides is 2. The number of nitrogens with one attached hydrogen (secondary N) is 1. The summed E-state index contributed by atoms with van der Waals surface area (Å²) < 4.78 is 35.4. The highest BCUT2D eigenvalue weighted by molar-refractivity contribution is 7.90. The number of rotatable bonds is 4. The molecule has 0 spiro atoms. The molecule has 1 unspecified atom stereocenters. The van der Waals surface area contributed by atoms with Gasteiger partial charge in [-0.25, -0.2) is 12.8 Å². The lowest BCUT2D eigenvalue weighted by Crippen LogP contribution is -2.52. The summed E-state index contributed by atoms with van der Waals surface area (Å²) in [6, 6.07) is 4.47. The van der Waals surface area contributed by atoms with Crippen LogP contribution in [0.1, 0.15) is 18.0 Å². The van der Waals surface area contributed by atoms with Crippen molar-refractivity contribution in [3.63, 3.8) is 0 Å². The minimum atomic E-state index is -3.26. The van der Waals surface area contributed by atoms with Gasteiger partial charge in [-0.1, -0.05) is 12.1 Å². The third-order valence-electron chi connectivity index (χ3n) is 3.40. The number of piperazine rings is 1. The van der Waals surface area contributed by atoms with Crippen LogP contribution in [-0.4, -0.2) is 50.2 Å². The van der Waals surface area contributed by atoms with Crippen LogP contribution in [0.2, 0.25) is 0 Å². The van der Waals surface area contributed by atoms with E-state index in [1.165, 1.54) is 29.2 Å². The highest BCUT2D eigenvalue weighted by Gasteiger charge is 2.34. The van der Waals surface area contributed by atoms with Crippen molar-refractivity contribution >= 4 is 21.7 Å². The van der Waals surface area contributed by atoms with E-state index in [4.69, 9.17) is 0 Å². The van der Waals surface area contributed by atoms with Crippen LogP contribution in [0.5, 0.6) is 0 Å². The number of hydrogen-bond acceptors (Lipinski definition) is 4. The summed E-state index contributed by atoms with van der Waals surface area (Å²) in [5.41, 5.74) is 0.492. The summed E-state index contributed by atoms with van der Waals surface area (Å²) in [6.07, 6.45) is 0.879. The molecule has 1 aliphatic heterocycles. The van der Waals surface area contributed by atoms with Gasteiger partial charge >= 0.3 is 0 Å². The van der Waals surface area contributed by atoms with Crippen LogP contribution in [0.15, 0.2) is 24.3 Å². The predicted molar refractivity (Wildman–Crippen MR) is 78.2 cm³/mol. The molecule has 6 nitrogen and oxygen atoms in total. The molecule has 0 aliphatic carbocycles. The number of carbonyl (C=O) groups excluding carboxylic acids is 2. The Bertz CT molecular complexity index is 673. The van der Waals surface area contributed by atoms with Gasteiger partial charge in [0.15, 0.2) is 0 Å².